The Balaban J connectivity index is 2.01. The molecule has 2 heterocycles. The van der Waals surface area contributed by atoms with Gasteiger partial charge >= 0.3 is 388 Å². The van der Waals surface area contributed by atoms with E-state index < -0.39 is 187 Å². The molecule has 0 radical (unpaired) electrons. The Labute approximate surface area is 624 Å². The second-order valence-electron chi connectivity index (χ2n) is 29.9. The molecule has 0 bridgehead atoms. The Bertz CT molecular complexity index is 3280. The number of carbonyl (C=O) groups is 12. The number of nitrogens with one attached hydrogen (secondary N) is 5. The van der Waals surface area contributed by atoms with Crippen molar-refractivity contribution in [2.45, 2.75) is 212 Å². The molecule has 0 saturated carbocycles. The van der Waals surface area contributed by atoms with Gasteiger partial charge in [0, 0.05) is 33.6 Å². The van der Waals surface area contributed by atoms with Crippen molar-refractivity contribution in [3.05, 3.63) is 82.9 Å². The van der Waals surface area contributed by atoms with Gasteiger partial charge in [-0.1, -0.05) is 84.0 Å². The minimum atomic E-state index is -1.87. The van der Waals surface area contributed by atoms with Crippen LogP contribution in [0.5, 0.6) is 0 Å². The number of halogens is 2. The van der Waals surface area contributed by atoms with E-state index in [1.165, 1.54) is 63.9 Å². The fourth-order valence-electron chi connectivity index (χ4n) is 12.3. The average molecular weight is 1580 g/mol. The molecule has 2 aliphatic rings. The summed E-state index contributed by atoms with van der Waals surface area (Å²) >= 11 is 4.67. The number of aliphatic hydroxyl groups excluding tert-OH is 1. The molecule has 12 amide bonds. The molecule has 0 aliphatic carbocycles. The fourth-order valence-corrected chi connectivity index (χ4v) is 14.4. The van der Waals surface area contributed by atoms with E-state index in [0.29, 0.717) is 22.6 Å². The van der Waals surface area contributed by atoms with Crippen LogP contribution in [-0.2, 0) is 73.4 Å². The molecule has 0 unspecified atom stereocenters. The number of hydrogen-bond donors (Lipinski definition) is 7. The van der Waals surface area contributed by atoms with Crippen molar-refractivity contribution in [3.63, 3.8) is 0 Å². The molecule has 27 nitrogen and oxygen atoms in total. The summed E-state index contributed by atoms with van der Waals surface area (Å²) in [7, 11) is 8.14. The molecule has 1 fully saturated rings. The van der Waals surface area contributed by atoms with Crippen molar-refractivity contribution >= 4 is 82.5 Å². The summed E-state index contributed by atoms with van der Waals surface area (Å²) in [5.74, 6) is -11.4. The molecule has 2 aliphatic heterocycles. The first kappa shape index (κ1) is 88.1. The summed E-state index contributed by atoms with van der Waals surface area (Å²) in [6, 6.07) is 2.75. The average Bonchev–Trinajstić information content (AvgIpc) is 0.828. The fraction of sp³-hybridized carbons (Fsp3) is 0.649. The predicted octanol–water partition coefficient (Wildman–Crippen LogP) is 0.305. The zero-order valence-corrected chi connectivity index (χ0v) is 66.6. The normalized spacial score (nSPS) is 24.7. The summed E-state index contributed by atoms with van der Waals surface area (Å²) in [6.45, 7) is 21.7. The number of likely N-dealkylation sites (N-methyl/N-ethyl adjacent to an activating group) is 6. The molecule has 1 saturated heterocycles. The van der Waals surface area contributed by atoms with Crippen LogP contribution in [0.3, 0.4) is 0 Å². The van der Waals surface area contributed by atoms with Gasteiger partial charge in [0.05, 0.1) is 0 Å². The van der Waals surface area contributed by atoms with E-state index in [1.54, 1.807) is 102 Å². The van der Waals surface area contributed by atoms with Gasteiger partial charge in [-0.25, -0.2) is 0 Å². The van der Waals surface area contributed by atoms with Crippen LogP contribution >= 0.6 is 11.6 Å². The SMILES string of the molecule is CC(C)C[C@@H]1NC(=O)[C@H](Cc2ccccc2)N(C)C(=O)[C@@H](C(C)C)NC(=O)C[C@@H](C(=O)N2CC=CCC2)NC(=O)[C@H](CC(C)C)N(C)C(=O)[C@H](Cc2cccc(Cl)c2)N(C)C(=O)[C@H]([I-]OCCC(C)(C)O)NC(=O)[C@H](CC(C)C)N(C)C(=O)CN(C)C(=O)[C@H]([C@@H](C)O)NC(=O)[C@H](C(C)C)N(C)C1=O. The zero-order valence-electron chi connectivity index (χ0n) is 63.7. The minimum absolute atomic E-state index is 0.00897. The standard InChI is InChI=1S/C74H115ClIN12O15/c1-43(2)35-52-68(96)87(19)62(47(9)10)67(95)80-61(48(11)89)71(99)82(14)42-59(91)83(15)54(36-44(3)4)66(94)81-63(76-103-34-31-74(12,13)102)73(101)86(18)57(40-50-29-26-30-51(75)38-50)70(98)84(16)55(37-45(5)6)64(92)78-53(69(97)88-32-24-21-25-33-88)41-58(90)79-60(46(7)8)72(100)85(17)56(65(93)77-52)39-49-27-22-20-23-28-49/h20-24,26-30,38,43-48,52-57,60-63,89,102H,25,31-37,39-42H2,1-19H3,(H,77,93)(H,78,92)(H,79,90)(H,80,95)(H,81,94)/q-1/t48-,52+,53+,54+,55+,56+,57+,60-,61+,62+,63-/m1/s1. The molecular formula is C74H115ClIN12O15-. The number of amides is 12. The van der Waals surface area contributed by atoms with Crippen LogP contribution < -0.4 is 48.2 Å². The molecule has 4 rings (SSSR count). The van der Waals surface area contributed by atoms with Crippen molar-refractivity contribution < 1.29 is 92.4 Å². The van der Waals surface area contributed by atoms with E-state index >= 15 is 33.6 Å². The molecular weight excluding hydrogens is 1460 g/mol. The monoisotopic (exact) mass is 1570 g/mol. The van der Waals surface area contributed by atoms with Crippen LogP contribution in [-0.4, -0.2) is 254 Å². The molecule has 103 heavy (non-hydrogen) atoms. The van der Waals surface area contributed by atoms with Gasteiger partial charge < -0.3 is 20.4 Å². The van der Waals surface area contributed by atoms with Crippen molar-refractivity contribution in [3.8, 4) is 0 Å². The topological polar surface area (TPSA) is 337 Å². The van der Waals surface area contributed by atoms with Crippen molar-refractivity contribution in [1.29, 1.82) is 0 Å². The predicted molar refractivity (Wildman–Crippen MR) is 387 cm³/mol. The molecule has 29 heteroatoms. The van der Waals surface area contributed by atoms with E-state index in [0.717, 1.165) is 19.6 Å². The van der Waals surface area contributed by atoms with Crippen molar-refractivity contribution in [2.75, 3.05) is 68.5 Å². The second kappa shape index (κ2) is 40.8. The first-order chi connectivity index (χ1) is 48.1. The Morgan fingerprint density at radius 2 is 1.14 bits per heavy atom. The summed E-state index contributed by atoms with van der Waals surface area (Å²) < 4.78 is 4.65. The zero-order chi connectivity index (χ0) is 77.7. The molecule has 576 valence electrons. The van der Waals surface area contributed by atoms with E-state index in [2.05, 4.69) is 26.6 Å². The molecule has 0 spiro atoms. The number of carbonyl (C=O) groups excluding carboxylic acids is 12. The first-order valence-corrected chi connectivity index (χ1v) is 38.0. The van der Waals surface area contributed by atoms with Crippen LogP contribution in [0.15, 0.2) is 66.7 Å². The maximum absolute atomic E-state index is 15.7. The number of hydrogen-bond acceptors (Lipinski definition) is 15. The van der Waals surface area contributed by atoms with Crippen LogP contribution in [0, 0.1) is 29.6 Å². The number of nitrogens with zero attached hydrogens (tertiary/aromatic N) is 7. The van der Waals surface area contributed by atoms with E-state index in [9.17, 15) is 34.2 Å². The van der Waals surface area contributed by atoms with Crippen LogP contribution in [0.25, 0.3) is 0 Å². The van der Waals surface area contributed by atoms with Gasteiger partial charge in [0.1, 0.15) is 24.2 Å². The summed E-state index contributed by atoms with van der Waals surface area (Å²) in [6.07, 6.45) is 1.86. The molecule has 2 aromatic rings. The molecule has 11 atom stereocenters. The Morgan fingerprint density at radius 3 is 1.68 bits per heavy atom. The van der Waals surface area contributed by atoms with Gasteiger partial charge in [-0.2, -0.15) is 0 Å². The number of rotatable bonds is 19. The summed E-state index contributed by atoms with van der Waals surface area (Å²) in [5.41, 5.74) is -0.0522. The number of alkyl halides is 1. The Kier molecular flexibility index (Phi) is 34.9. The quantitative estimate of drug-likeness (QED) is 0.0327. The third-order valence-electron chi connectivity index (χ3n) is 18.3. The van der Waals surface area contributed by atoms with E-state index in [4.69, 9.17) is 14.7 Å². The second-order valence-corrected chi connectivity index (χ2v) is 32.7. The summed E-state index contributed by atoms with van der Waals surface area (Å²) in [4.78, 5) is 188. The van der Waals surface area contributed by atoms with Crippen molar-refractivity contribution in [1.82, 2.24) is 60.9 Å². The minimum Gasteiger partial charge on any atom is -0.332 e. The van der Waals surface area contributed by atoms with Gasteiger partial charge in [0.25, 0.3) is 0 Å². The molecule has 0 aromatic heterocycles. The van der Waals surface area contributed by atoms with E-state index in [1.807, 2.05) is 47.6 Å². The van der Waals surface area contributed by atoms with Crippen LogP contribution in [0.4, 0.5) is 0 Å². The van der Waals surface area contributed by atoms with Crippen LogP contribution in [0.1, 0.15) is 140 Å². The van der Waals surface area contributed by atoms with Gasteiger partial charge in [-0.15, -0.1) is 0 Å². The van der Waals surface area contributed by atoms with Gasteiger partial charge in [0.2, 0.25) is 17.7 Å². The van der Waals surface area contributed by atoms with Crippen molar-refractivity contribution in [2.24, 2.45) is 29.6 Å². The maximum atomic E-state index is 15.7. The van der Waals surface area contributed by atoms with Gasteiger partial charge in [-0.05, 0) is 36.2 Å². The smallest absolute Gasteiger partial charge is 0.332 e. The third kappa shape index (κ3) is 26.7. The first-order valence-electron chi connectivity index (χ1n) is 35.5. The number of benzene rings is 2. The van der Waals surface area contributed by atoms with Gasteiger partial charge in [0.15, 0.2) is 0 Å². The van der Waals surface area contributed by atoms with Gasteiger partial charge in [-0.3, -0.25) is 24.0 Å². The summed E-state index contributed by atoms with van der Waals surface area (Å²) in [5, 5.41) is 36.1. The molecule has 2 aromatic carbocycles. The molecule has 7 N–H and O–H groups in total. The Morgan fingerprint density at radius 1 is 0.583 bits per heavy atom. The third-order valence-corrected chi connectivity index (χ3v) is 20.7. The van der Waals surface area contributed by atoms with Crippen LogP contribution in [0.2, 0.25) is 5.02 Å². The number of aliphatic hydroxyl groups is 2. The van der Waals surface area contributed by atoms with E-state index in [-0.39, 0.29) is 76.0 Å². The Hall–Kier alpha value is -7.28.